The maximum atomic E-state index is 12.3. The average molecular weight is 353 g/mol. The molecule has 1 heterocycles. The molecule has 7 heteroatoms. The van der Waals surface area contributed by atoms with Crippen molar-refractivity contribution in [1.29, 1.82) is 0 Å². The Hall–Kier alpha value is -3.48. The molecule has 0 bridgehead atoms. The Labute approximate surface area is 148 Å². The van der Waals surface area contributed by atoms with Crippen molar-refractivity contribution in [3.8, 4) is 0 Å². The maximum absolute atomic E-state index is 12.3. The molecular formula is C19H15NO6. The Morgan fingerprint density at radius 1 is 1.19 bits per heavy atom. The number of carbonyl (C=O) groups excluding carboxylic acids is 1. The fourth-order valence-electron chi connectivity index (χ4n) is 2.67. The van der Waals surface area contributed by atoms with Crippen LogP contribution in [0.1, 0.15) is 27.0 Å². The summed E-state index contributed by atoms with van der Waals surface area (Å²) in [6.45, 7) is 3.54. The van der Waals surface area contributed by atoms with Gasteiger partial charge in [0.05, 0.1) is 4.92 Å². The third-order valence-electron chi connectivity index (χ3n) is 4.20. The number of aryl methyl sites for hydroxylation is 2. The van der Waals surface area contributed by atoms with Crippen LogP contribution in [0.4, 0.5) is 5.69 Å². The number of nitrogens with zero attached hydrogens (tertiary/aromatic N) is 1. The Balaban J connectivity index is 1.94. The van der Waals surface area contributed by atoms with Crippen molar-refractivity contribution in [2.75, 3.05) is 0 Å². The predicted octanol–water partition coefficient (Wildman–Crippen LogP) is 3.68. The molecule has 0 atom stereocenters. The van der Waals surface area contributed by atoms with Gasteiger partial charge >= 0.3 is 11.6 Å². The van der Waals surface area contributed by atoms with E-state index in [9.17, 15) is 19.7 Å². The zero-order valence-electron chi connectivity index (χ0n) is 14.1. The molecule has 26 heavy (non-hydrogen) atoms. The second-order valence-electron chi connectivity index (χ2n) is 5.83. The van der Waals surface area contributed by atoms with Gasteiger partial charge in [0.15, 0.2) is 0 Å². The highest BCUT2D eigenvalue weighted by molar-refractivity contribution is 5.94. The van der Waals surface area contributed by atoms with Gasteiger partial charge in [-0.1, -0.05) is 24.3 Å². The molecule has 0 aliphatic heterocycles. The van der Waals surface area contributed by atoms with Crippen LogP contribution in [0.3, 0.4) is 0 Å². The highest BCUT2D eigenvalue weighted by Crippen LogP contribution is 2.24. The van der Waals surface area contributed by atoms with E-state index in [1.54, 1.807) is 6.07 Å². The molecule has 0 saturated heterocycles. The molecule has 0 aliphatic carbocycles. The van der Waals surface area contributed by atoms with Gasteiger partial charge in [-0.25, -0.2) is 9.59 Å². The first-order chi connectivity index (χ1) is 12.4. The molecule has 0 N–H and O–H groups in total. The highest BCUT2D eigenvalue weighted by Gasteiger charge is 2.21. The summed E-state index contributed by atoms with van der Waals surface area (Å²) < 4.78 is 10.5. The number of benzene rings is 2. The number of fused-ring (bicyclic) bond motifs is 1. The summed E-state index contributed by atoms with van der Waals surface area (Å²) in [4.78, 5) is 34.5. The van der Waals surface area contributed by atoms with Gasteiger partial charge in [0.1, 0.15) is 17.8 Å². The van der Waals surface area contributed by atoms with Crippen LogP contribution in [0.5, 0.6) is 0 Å². The van der Waals surface area contributed by atoms with Crippen LogP contribution in [0.2, 0.25) is 0 Å². The summed E-state index contributed by atoms with van der Waals surface area (Å²) in [6.07, 6.45) is 0. The molecule has 0 saturated carbocycles. The van der Waals surface area contributed by atoms with Crippen molar-refractivity contribution in [3.05, 3.63) is 85.3 Å². The first-order valence-corrected chi connectivity index (χ1v) is 7.82. The maximum Gasteiger partial charge on any atom is 0.345 e. The van der Waals surface area contributed by atoms with Crippen molar-refractivity contribution in [1.82, 2.24) is 0 Å². The topological polar surface area (TPSA) is 99.6 Å². The smallest absolute Gasteiger partial charge is 0.345 e. The van der Waals surface area contributed by atoms with Crippen molar-refractivity contribution < 1.29 is 18.9 Å². The fourth-order valence-corrected chi connectivity index (χ4v) is 2.67. The molecule has 0 unspecified atom stereocenters. The summed E-state index contributed by atoms with van der Waals surface area (Å²) in [6, 6.07) is 10.5. The molecule has 2 aromatic carbocycles. The van der Waals surface area contributed by atoms with Crippen LogP contribution in [0.15, 0.2) is 51.7 Å². The zero-order valence-corrected chi connectivity index (χ0v) is 14.1. The number of nitro benzene ring substituents is 1. The number of ether oxygens (including phenoxy) is 1. The summed E-state index contributed by atoms with van der Waals surface area (Å²) in [5.41, 5.74) is 1.68. The van der Waals surface area contributed by atoms with E-state index in [1.165, 1.54) is 30.3 Å². The molecule has 1 aromatic heterocycles. The van der Waals surface area contributed by atoms with Crippen LogP contribution in [0, 0.1) is 24.0 Å². The van der Waals surface area contributed by atoms with E-state index < -0.39 is 16.5 Å². The number of para-hydroxylation sites is 1. The largest absolute Gasteiger partial charge is 0.457 e. The monoisotopic (exact) mass is 353 g/mol. The minimum Gasteiger partial charge on any atom is -0.457 e. The van der Waals surface area contributed by atoms with Gasteiger partial charge in [0, 0.05) is 23.1 Å². The first-order valence-electron chi connectivity index (χ1n) is 7.82. The fraction of sp³-hybridized carbons (Fsp3) is 0.158. The number of carbonyl (C=O) groups is 1. The predicted molar refractivity (Wildman–Crippen MR) is 94.2 cm³/mol. The standard InChI is InChI=1S/C19H15NO6/c1-11-7-8-14-13(9-17(21)26-18(14)12(11)2)10-25-19(22)15-5-3-4-6-16(15)20(23)24/h3-9H,10H2,1-2H3. The van der Waals surface area contributed by atoms with Crippen molar-refractivity contribution in [3.63, 3.8) is 0 Å². The van der Waals surface area contributed by atoms with Gasteiger partial charge in [0.2, 0.25) is 0 Å². The van der Waals surface area contributed by atoms with Crippen molar-refractivity contribution in [2.45, 2.75) is 20.5 Å². The van der Waals surface area contributed by atoms with E-state index in [0.717, 1.165) is 11.1 Å². The van der Waals surface area contributed by atoms with Gasteiger partial charge in [-0.15, -0.1) is 0 Å². The van der Waals surface area contributed by atoms with E-state index in [2.05, 4.69) is 0 Å². The number of nitro groups is 1. The lowest BCUT2D eigenvalue weighted by Crippen LogP contribution is -2.10. The van der Waals surface area contributed by atoms with E-state index >= 15 is 0 Å². The zero-order chi connectivity index (χ0) is 18.8. The molecule has 3 aromatic rings. The minimum absolute atomic E-state index is 0.142. The Kier molecular flexibility index (Phi) is 4.53. The second kappa shape index (κ2) is 6.79. The summed E-state index contributed by atoms with van der Waals surface area (Å²) in [5.74, 6) is -0.831. The molecule has 7 nitrogen and oxygen atoms in total. The summed E-state index contributed by atoms with van der Waals surface area (Å²) in [7, 11) is 0. The van der Waals surface area contributed by atoms with E-state index in [1.807, 2.05) is 19.9 Å². The quantitative estimate of drug-likeness (QED) is 0.307. The number of hydrogen-bond acceptors (Lipinski definition) is 6. The van der Waals surface area contributed by atoms with Gasteiger partial charge in [-0.05, 0) is 31.0 Å². The molecule has 0 radical (unpaired) electrons. The molecule has 0 aliphatic rings. The number of rotatable bonds is 4. The van der Waals surface area contributed by atoms with Gasteiger partial charge in [0.25, 0.3) is 5.69 Å². The van der Waals surface area contributed by atoms with E-state index in [4.69, 9.17) is 9.15 Å². The lowest BCUT2D eigenvalue weighted by molar-refractivity contribution is -0.385. The summed E-state index contributed by atoms with van der Waals surface area (Å²) in [5, 5.41) is 11.7. The van der Waals surface area contributed by atoms with E-state index in [-0.39, 0.29) is 17.9 Å². The lowest BCUT2D eigenvalue weighted by Gasteiger charge is -2.10. The lowest BCUT2D eigenvalue weighted by atomic mass is 10.0. The Morgan fingerprint density at radius 2 is 1.92 bits per heavy atom. The van der Waals surface area contributed by atoms with Crippen LogP contribution in [-0.4, -0.2) is 10.9 Å². The van der Waals surface area contributed by atoms with Crippen molar-refractivity contribution >= 4 is 22.6 Å². The molecule has 132 valence electrons. The average Bonchev–Trinajstić information content (AvgIpc) is 2.62. The number of esters is 1. The molecular weight excluding hydrogens is 338 g/mol. The third-order valence-corrected chi connectivity index (χ3v) is 4.20. The highest BCUT2D eigenvalue weighted by atomic mass is 16.6. The van der Waals surface area contributed by atoms with Crippen molar-refractivity contribution in [2.24, 2.45) is 0 Å². The Bertz CT molecular complexity index is 1080. The molecule has 0 spiro atoms. The normalized spacial score (nSPS) is 10.7. The van der Waals surface area contributed by atoms with Crippen LogP contribution >= 0.6 is 0 Å². The first kappa shape index (κ1) is 17.3. The van der Waals surface area contributed by atoms with E-state index in [0.29, 0.717) is 16.5 Å². The van der Waals surface area contributed by atoms with Crippen LogP contribution in [-0.2, 0) is 11.3 Å². The van der Waals surface area contributed by atoms with Gasteiger partial charge < -0.3 is 9.15 Å². The molecule has 0 fully saturated rings. The minimum atomic E-state index is -0.831. The third kappa shape index (κ3) is 3.19. The second-order valence-corrected chi connectivity index (χ2v) is 5.83. The van der Waals surface area contributed by atoms with Crippen LogP contribution in [0.25, 0.3) is 11.0 Å². The molecule has 3 rings (SSSR count). The van der Waals surface area contributed by atoms with Gasteiger partial charge in [-0.3, -0.25) is 10.1 Å². The SMILES string of the molecule is Cc1ccc2c(COC(=O)c3ccccc3[N+](=O)[O-])cc(=O)oc2c1C. The number of hydrogen-bond donors (Lipinski definition) is 0. The summed E-state index contributed by atoms with van der Waals surface area (Å²) >= 11 is 0. The molecule has 0 amide bonds. The Morgan fingerprint density at radius 3 is 2.65 bits per heavy atom. The van der Waals surface area contributed by atoms with Crippen LogP contribution < -0.4 is 5.63 Å². The van der Waals surface area contributed by atoms with Gasteiger partial charge in [-0.2, -0.15) is 0 Å².